The summed E-state index contributed by atoms with van der Waals surface area (Å²) in [4.78, 5) is 11.6. The van der Waals surface area contributed by atoms with E-state index in [1.54, 1.807) is 0 Å². The molecule has 1 aliphatic rings. The van der Waals surface area contributed by atoms with E-state index in [1.165, 1.54) is 6.92 Å². The van der Waals surface area contributed by atoms with E-state index in [0.29, 0.717) is 6.42 Å². The van der Waals surface area contributed by atoms with Crippen molar-refractivity contribution in [2.24, 2.45) is 0 Å². The van der Waals surface area contributed by atoms with Crippen LogP contribution in [0.25, 0.3) is 0 Å². The Morgan fingerprint density at radius 1 is 1.56 bits per heavy atom. The van der Waals surface area contributed by atoms with Crippen LogP contribution in [0.5, 0.6) is 0 Å². The molecule has 1 amide bonds. The van der Waals surface area contributed by atoms with Crippen LogP contribution < -0.4 is 0 Å². The highest BCUT2D eigenvalue weighted by Gasteiger charge is 2.49. The molecule has 0 aromatic heterocycles. The first kappa shape index (κ1) is 13.1. The lowest BCUT2D eigenvalue weighted by Gasteiger charge is -2.38. The third kappa shape index (κ3) is 2.78. The summed E-state index contributed by atoms with van der Waals surface area (Å²) in [5, 5.41) is 8.81. The van der Waals surface area contributed by atoms with Crippen LogP contribution in [0.2, 0.25) is 0 Å². The number of rotatable bonds is 2. The second-order valence-corrected chi connectivity index (χ2v) is 3.61. The molecule has 1 rings (SSSR count). The number of carboxylic acid groups (broad SMARTS) is 1. The van der Waals surface area contributed by atoms with Crippen molar-refractivity contribution in [2.45, 2.75) is 38.1 Å². The monoisotopic (exact) mass is 241 g/mol. The molecule has 2 atom stereocenters. The number of hydrogen-bond acceptors (Lipinski definition) is 2. The summed E-state index contributed by atoms with van der Waals surface area (Å²) >= 11 is 0. The van der Waals surface area contributed by atoms with E-state index in [1.807, 2.05) is 0 Å². The molecule has 4 nitrogen and oxygen atoms in total. The van der Waals surface area contributed by atoms with Crippen LogP contribution in [0.4, 0.5) is 18.0 Å². The molecule has 1 N–H and O–H groups in total. The average molecular weight is 241 g/mol. The second kappa shape index (κ2) is 4.90. The van der Waals surface area contributed by atoms with Crippen LogP contribution in [0, 0.1) is 0 Å². The van der Waals surface area contributed by atoms with Crippen molar-refractivity contribution in [1.29, 1.82) is 0 Å². The van der Waals surface area contributed by atoms with Crippen molar-refractivity contribution in [2.75, 3.05) is 13.2 Å². The van der Waals surface area contributed by atoms with Crippen molar-refractivity contribution < 1.29 is 27.8 Å². The molecule has 1 saturated heterocycles. The van der Waals surface area contributed by atoms with Gasteiger partial charge in [-0.3, -0.25) is 0 Å². The van der Waals surface area contributed by atoms with Crippen molar-refractivity contribution in [3.05, 3.63) is 0 Å². The minimum atomic E-state index is -4.52. The molecule has 0 radical (unpaired) electrons. The van der Waals surface area contributed by atoms with E-state index in [9.17, 15) is 18.0 Å². The van der Waals surface area contributed by atoms with Crippen LogP contribution >= 0.6 is 0 Å². The van der Waals surface area contributed by atoms with Gasteiger partial charge < -0.3 is 14.7 Å². The molecule has 1 heterocycles. The standard InChI is InChI=1S/C9H14F3NO3/c1-2-13(8(14)15)6-4-3-5-16-7(6)9(10,11)12/h6-7H,2-5H2,1H3,(H,14,15). The number of likely N-dealkylation sites (N-methyl/N-ethyl adjacent to an activating group) is 1. The van der Waals surface area contributed by atoms with Gasteiger partial charge in [-0.25, -0.2) is 4.79 Å². The third-order valence-electron chi connectivity index (χ3n) is 2.60. The molecule has 16 heavy (non-hydrogen) atoms. The molecule has 2 unspecified atom stereocenters. The van der Waals surface area contributed by atoms with Crippen molar-refractivity contribution in [1.82, 2.24) is 4.90 Å². The maximum Gasteiger partial charge on any atom is 0.416 e. The highest BCUT2D eigenvalue weighted by atomic mass is 19.4. The van der Waals surface area contributed by atoms with Gasteiger partial charge in [-0.05, 0) is 19.8 Å². The van der Waals surface area contributed by atoms with E-state index >= 15 is 0 Å². The Morgan fingerprint density at radius 2 is 2.19 bits per heavy atom. The minimum Gasteiger partial charge on any atom is -0.465 e. The molecule has 1 fully saturated rings. The fourth-order valence-corrected chi connectivity index (χ4v) is 1.91. The predicted octanol–water partition coefficient (Wildman–Crippen LogP) is 2.10. The van der Waals surface area contributed by atoms with Gasteiger partial charge in [-0.2, -0.15) is 13.2 Å². The SMILES string of the molecule is CCN(C(=O)O)C1CCCOC1C(F)(F)F. The zero-order valence-electron chi connectivity index (χ0n) is 8.83. The van der Waals surface area contributed by atoms with Gasteiger partial charge >= 0.3 is 12.3 Å². The summed E-state index contributed by atoms with van der Waals surface area (Å²) in [6, 6.07) is -1.13. The Labute approximate surface area is 91.0 Å². The van der Waals surface area contributed by atoms with Gasteiger partial charge in [-0.15, -0.1) is 0 Å². The first-order valence-corrected chi connectivity index (χ1v) is 5.05. The van der Waals surface area contributed by atoms with Gasteiger partial charge in [0.2, 0.25) is 0 Å². The van der Waals surface area contributed by atoms with E-state index in [2.05, 4.69) is 4.74 Å². The van der Waals surface area contributed by atoms with Gasteiger partial charge in [0.05, 0.1) is 6.04 Å². The maximum absolute atomic E-state index is 12.6. The number of ether oxygens (including phenoxy) is 1. The number of amides is 1. The molecule has 0 saturated carbocycles. The van der Waals surface area contributed by atoms with E-state index in [-0.39, 0.29) is 19.6 Å². The van der Waals surface area contributed by atoms with Gasteiger partial charge in [0.1, 0.15) is 0 Å². The third-order valence-corrected chi connectivity index (χ3v) is 2.60. The van der Waals surface area contributed by atoms with Crippen LogP contribution in [0.1, 0.15) is 19.8 Å². The topological polar surface area (TPSA) is 49.8 Å². The largest absolute Gasteiger partial charge is 0.465 e. The van der Waals surface area contributed by atoms with Crippen LogP contribution in [-0.4, -0.2) is 47.6 Å². The zero-order chi connectivity index (χ0) is 12.3. The Morgan fingerprint density at radius 3 is 2.62 bits per heavy atom. The minimum absolute atomic E-state index is 0.0237. The van der Waals surface area contributed by atoms with E-state index < -0.39 is 24.4 Å². The summed E-state index contributed by atoms with van der Waals surface area (Å²) in [7, 11) is 0. The van der Waals surface area contributed by atoms with Gasteiger partial charge in [0, 0.05) is 13.2 Å². The Kier molecular flexibility index (Phi) is 4.01. The molecule has 94 valence electrons. The fourth-order valence-electron chi connectivity index (χ4n) is 1.91. The molecule has 1 aliphatic heterocycles. The van der Waals surface area contributed by atoms with Crippen LogP contribution in [-0.2, 0) is 4.74 Å². The highest BCUT2D eigenvalue weighted by Crippen LogP contribution is 2.32. The quantitative estimate of drug-likeness (QED) is 0.805. The normalized spacial score (nSPS) is 26.5. The molecule has 0 aliphatic carbocycles. The van der Waals surface area contributed by atoms with Gasteiger partial charge in [-0.1, -0.05) is 0 Å². The predicted molar refractivity (Wildman–Crippen MR) is 49.2 cm³/mol. The lowest BCUT2D eigenvalue weighted by atomic mass is 10.0. The van der Waals surface area contributed by atoms with Crippen molar-refractivity contribution >= 4 is 6.09 Å². The van der Waals surface area contributed by atoms with Crippen LogP contribution in [0.3, 0.4) is 0 Å². The summed E-state index contributed by atoms with van der Waals surface area (Å²) < 4.78 is 42.5. The van der Waals surface area contributed by atoms with E-state index in [0.717, 1.165) is 4.90 Å². The number of nitrogens with zero attached hydrogens (tertiary/aromatic N) is 1. The molecular formula is C9H14F3NO3. The van der Waals surface area contributed by atoms with Crippen molar-refractivity contribution in [3.63, 3.8) is 0 Å². The second-order valence-electron chi connectivity index (χ2n) is 3.61. The summed E-state index contributed by atoms with van der Waals surface area (Å²) in [6.07, 6.45) is -7.23. The summed E-state index contributed by atoms with van der Waals surface area (Å²) in [5.41, 5.74) is 0. The maximum atomic E-state index is 12.6. The molecular weight excluding hydrogens is 227 g/mol. The average Bonchev–Trinajstić information content (AvgIpc) is 2.17. The number of halogens is 3. The molecule has 0 aromatic carbocycles. The number of alkyl halides is 3. The van der Waals surface area contributed by atoms with E-state index in [4.69, 9.17) is 5.11 Å². The Bertz CT molecular complexity index is 257. The van der Waals surface area contributed by atoms with Crippen molar-refractivity contribution in [3.8, 4) is 0 Å². The molecule has 0 bridgehead atoms. The number of hydrogen-bond donors (Lipinski definition) is 1. The molecule has 0 spiro atoms. The summed E-state index contributed by atoms with van der Waals surface area (Å²) in [6.45, 7) is 1.56. The van der Waals surface area contributed by atoms with Gasteiger partial charge in [0.15, 0.2) is 6.10 Å². The Balaban J connectivity index is 2.84. The zero-order valence-corrected chi connectivity index (χ0v) is 8.83. The first-order valence-electron chi connectivity index (χ1n) is 5.05. The lowest BCUT2D eigenvalue weighted by molar-refractivity contribution is -0.246. The Hall–Kier alpha value is -0.980. The molecule has 0 aromatic rings. The van der Waals surface area contributed by atoms with Crippen LogP contribution in [0.15, 0.2) is 0 Å². The fraction of sp³-hybridized carbons (Fsp3) is 0.889. The highest BCUT2D eigenvalue weighted by molar-refractivity contribution is 5.65. The van der Waals surface area contributed by atoms with Gasteiger partial charge in [0.25, 0.3) is 0 Å². The first-order chi connectivity index (χ1) is 7.38. The lowest BCUT2D eigenvalue weighted by Crippen LogP contribution is -2.55. The summed E-state index contributed by atoms with van der Waals surface area (Å²) in [5.74, 6) is 0. The number of carbonyl (C=O) groups is 1. The molecule has 7 heteroatoms. The smallest absolute Gasteiger partial charge is 0.416 e.